The zero-order chi connectivity index (χ0) is 8.55. The second-order valence-electron chi connectivity index (χ2n) is 3.31. The van der Waals surface area contributed by atoms with E-state index < -0.39 is 0 Å². The maximum atomic E-state index is 5.96. The highest BCUT2D eigenvalue weighted by molar-refractivity contribution is 5.37. The molecule has 0 bridgehead atoms. The molecule has 2 N–H and O–H groups in total. The van der Waals surface area contributed by atoms with Crippen molar-refractivity contribution in [2.45, 2.75) is 25.5 Å². The van der Waals surface area contributed by atoms with Crippen molar-refractivity contribution in [3.05, 3.63) is 29.8 Å². The molecule has 1 aliphatic rings. The van der Waals surface area contributed by atoms with Crippen LogP contribution in [0.2, 0.25) is 0 Å². The molecule has 1 aliphatic heterocycles. The van der Waals surface area contributed by atoms with Crippen LogP contribution in [0.3, 0.4) is 0 Å². The summed E-state index contributed by atoms with van der Waals surface area (Å²) in [4.78, 5) is 0. The van der Waals surface area contributed by atoms with Crippen molar-refractivity contribution < 1.29 is 4.74 Å². The van der Waals surface area contributed by atoms with Crippen LogP contribution in [0.1, 0.15) is 24.9 Å². The van der Waals surface area contributed by atoms with Gasteiger partial charge in [0.1, 0.15) is 5.75 Å². The summed E-state index contributed by atoms with van der Waals surface area (Å²) in [5.41, 5.74) is 7.09. The summed E-state index contributed by atoms with van der Waals surface area (Å²) in [7, 11) is 0. The molecule has 0 amide bonds. The van der Waals surface area contributed by atoms with Gasteiger partial charge in [0.15, 0.2) is 0 Å². The average molecular weight is 163 g/mol. The van der Waals surface area contributed by atoms with Crippen molar-refractivity contribution >= 4 is 0 Å². The Morgan fingerprint density at radius 2 is 2.17 bits per heavy atom. The number of hydrogen-bond donors (Lipinski definition) is 1. The van der Waals surface area contributed by atoms with E-state index in [1.807, 2.05) is 24.3 Å². The van der Waals surface area contributed by atoms with Crippen LogP contribution in [0.25, 0.3) is 0 Å². The first-order chi connectivity index (χ1) is 5.77. The number of para-hydroxylation sites is 1. The van der Waals surface area contributed by atoms with Crippen molar-refractivity contribution in [3.63, 3.8) is 0 Å². The molecule has 1 aromatic rings. The zero-order valence-corrected chi connectivity index (χ0v) is 7.16. The van der Waals surface area contributed by atoms with E-state index in [1.165, 1.54) is 0 Å². The van der Waals surface area contributed by atoms with E-state index in [2.05, 4.69) is 6.92 Å². The maximum absolute atomic E-state index is 5.96. The van der Waals surface area contributed by atoms with Crippen LogP contribution >= 0.6 is 0 Å². The molecule has 2 nitrogen and oxygen atoms in total. The predicted octanol–water partition coefficient (Wildman–Crippen LogP) is 1.86. The molecule has 1 aromatic carbocycles. The Hall–Kier alpha value is -1.02. The molecule has 0 saturated heterocycles. The van der Waals surface area contributed by atoms with Gasteiger partial charge in [-0.15, -0.1) is 0 Å². The second kappa shape index (κ2) is 2.79. The van der Waals surface area contributed by atoms with Crippen LogP contribution in [0.15, 0.2) is 24.3 Å². The molecule has 2 atom stereocenters. The van der Waals surface area contributed by atoms with Crippen molar-refractivity contribution in [2.24, 2.45) is 5.73 Å². The summed E-state index contributed by atoms with van der Waals surface area (Å²) in [5.74, 6) is 0.948. The minimum Gasteiger partial charge on any atom is -0.490 e. The molecule has 0 saturated carbocycles. The quantitative estimate of drug-likeness (QED) is 0.633. The van der Waals surface area contributed by atoms with Crippen molar-refractivity contribution in [1.29, 1.82) is 0 Å². The summed E-state index contributed by atoms with van der Waals surface area (Å²) >= 11 is 0. The third-order valence-electron chi connectivity index (χ3n) is 2.23. The molecule has 1 heterocycles. The van der Waals surface area contributed by atoms with Crippen LogP contribution in [0.5, 0.6) is 5.75 Å². The fourth-order valence-electron chi connectivity index (χ4n) is 1.64. The molecular formula is C10H13NO. The van der Waals surface area contributed by atoms with E-state index in [1.54, 1.807) is 0 Å². The lowest BCUT2D eigenvalue weighted by molar-refractivity contribution is 0.177. The van der Waals surface area contributed by atoms with Gasteiger partial charge in [-0.1, -0.05) is 18.2 Å². The Morgan fingerprint density at radius 1 is 1.42 bits per heavy atom. The van der Waals surface area contributed by atoms with Gasteiger partial charge in [0.2, 0.25) is 0 Å². The van der Waals surface area contributed by atoms with Crippen LogP contribution in [-0.4, -0.2) is 6.10 Å². The van der Waals surface area contributed by atoms with Gasteiger partial charge in [-0.05, 0) is 13.0 Å². The van der Waals surface area contributed by atoms with Gasteiger partial charge in [0.05, 0.1) is 6.10 Å². The molecule has 0 unspecified atom stereocenters. The first-order valence-electron chi connectivity index (χ1n) is 4.28. The first-order valence-corrected chi connectivity index (χ1v) is 4.28. The number of fused-ring (bicyclic) bond motifs is 1. The van der Waals surface area contributed by atoms with Crippen LogP contribution < -0.4 is 10.5 Å². The van der Waals surface area contributed by atoms with E-state index in [-0.39, 0.29) is 12.1 Å². The SMILES string of the molecule is C[C@@H]1C[C@H](N)c2ccccc2O1. The van der Waals surface area contributed by atoms with Gasteiger partial charge >= 0.3 is 0 Å². The molecule has 12 heavy (non-hydrogen) atoms. The number of hydrogen-bond acceptors (Lipinski definition) is 2. The first kappa shape index (κ1) is 7.62. The van der Waals surface area contributed by atoms with Crippen LogP contribution in [0.4, 0.5) is 0 Å². The summed E-state index contributed by atoms with van der Waals surface area (Å²) in [6.07, 6.45) is 1.16. The minimum atomic E-state index is 0.143. The largest absolute Gasteiger partial charge is 0.490 e. The maximum Gasteiger partial charge on any atom is 0.124 e. The van der Waals surface area contributed by atoms with Crippen molar-refractivity contribution in [1.82, 2.24) is 0 Å². The van der Waals surface area contributed by atoms with Gasteiger partial charge in [-0.3, -0.25) is 0 Å². The Labute approximate surface area is 72.3 Å². The fraction of sp³-hybridized carbons (Fsp3) is 0.400. The lowest BCUT2D eigenvalue weighted by atomic mass is 9.98. The lowest BCUT2D eigenvalue weighted by Crippen LogP contribution is -2.26. The topological polar surface area (TPSA) is 35.2 Å². The van der Waals surface area contributed by atoms with Crippen molar-refractivity contribution in [3.8, 4) is 5.75 Å². The molecule has 0 aliphatic carbocycles. The van der Waals surface area contributed by atoms with E-state index in [0.29, 0.717) is 0 Å². The summed E-state index contributed by atoms with van der Waals surface area (Å²) in [6, 6.07) is 8.13. The van der Waals surface area contributed by atoms with Gasteiger partial charge < -0.3 is 10.5 Å². The average Bonchev–Trinajstić information content (AvgIpc) is 2.04. The Bertz CT molecular complexity index is 285. The van der Waals surface area contributed by atoms with E-state index in [4.69, 9.17) is 10.5 Å². The van der Waals surface area contributed by atoms with E-state index in [0.717, 1.165) is 17.7 Å². The highest BCUT2D eigenvalue weighted by atomic mass is 16.5. The molecule has 0 radical (unpaired) electrons. The number of rotatable bonds is 0. The van der Waals surface area contributed by atoms with Gasteiger partial charge in [-0.25, -0.2) is 0 Å². The van der Waals surface area contributed by atoms with Gasteiger partial charge in [-0.2, -0.15) is 0 Å². The van der Waals surface area contributed by atoms with E-state index in [9.17, 15) is 0 Å². The second-order valence-corrected chi connectivity index (χ2v) is 3.31. The van der Waals surface area contributed by atoms with Crippen LogP contribution in [0, 0.1) is 0 Å². The number of nitrogens with two attached hydrogens (primary N) is 1. The predicted molar refractivity (Wildman–Crippen MR) is 48.1 cm³/mol. The Morgan fingerprint density at radius 3 is 3.00 bits per heavy atom. The molecule has 0 spiro atoms. The third-order valence-corrected chi connectivity index (χ3v) is 2.23. The monoisotopic (exact) mass is 163 g/mol. The molecule has 64 valence electrons. The number of ether oxygens (including phenoxy) is 1. The molecular weight excluding hydrogens is 150 g/mol. The van der Waals surface area contributed by atoms with Crippen LogP contribution in [-0.2, 0) is 0 Å². The Balaban J connectivity index is 2.40. The Kier molecular flexibility index (Phi) is 1.77. The smallest absolute Gasteiger partial charge is 0.124 e. The molecule has 0 fully saturated rings. The number of benzene rings is 1. The standard InChI is InChI=1S/C10H13NO/c1-7-6-9(11)8-4-2-3-5-10(8)12-7/h2-5,7,9H,6,11H2,1H3/t7-,9+/m1/s1. The highest BCUT2D eigenvalue weighted by Gasteiger charge is 2.21. The van der Waals surface area contributed by atoms with E-state index >= 15 is 0 Å². The van der Waals surface area contributed by atoms with Gasteiger partial charge in [0.25, 0.3) is 0 Å². The highest BCUT2D eigenvalue weighted by Crippen LogP contribution is 2.32. The fourth-order valence-corrected chi connectivity index (χ4v) is 1.64. The molecule has 2 heteroatoms. The van der Waals surface area contributed by atoms with Crippen molar-refractivity contribution in [2.75, 3.05) is 0 Å². The summed E-state index contributed by atoms with van der Waals surface area (Å²) < 4.78 is 5.62. The van der Waals surface area contributed by atoms with Gasteiger partial charge in [0, 0.05) is 18.0 Å². The summed E-state index contributed by atoms with van der Waals surface area (Å²) in [6.45, 7) is 2.05. The molecule has 0 aromatic heterocycles. The normalized spacial score (nSPS) is 27.5. The zero-order valence-electron chi connectivity index (χ0n) is 7.16. The third kappa shape index (κ3) is 1.18. The summed E-state index contributed by atoms with van der Waals surface area (Å²) in [5, 5.41) is 0. The minimum absolute atomic E-state index is 0.143. The lowest BCUT2D eigenvalue weighted by Gasteiger charge is -2.27. The molecule has 2 rings (SSSR count).